The maximum atomic E-state index is 9.48. The van der Waals surface area contributed by atoms with Crippen molar-refractivity contribution >= 4 is 0 Å². The largest absolute Gasteiger partial charge is 0.393 e. The summed E-state index contributed by atoms with van der Waals surface area (Å²) in [7, 11) is 0. The predicted octanol–water partition coefficient (Wildman–Crippen LogP) is 2.53. The Balaban J connectivity index is 2.40. The average Bonchev–Trinajstić information content (AvgIpc) is 2.07. The third kappa shape index (κ3) is 2.49. The van der Waals surface area contributed by atoms with Crippen LogP contribution in [0.2, 0.25) is 0 Å². The standard InChI is InChI=1S/C11H18O/c1-3-4-5-10-6-7-11(12)9(2)8-10/h3-5,9-12H,1,6-8H2,2H3/b5-4+. The summed E-state index contributed by atoms with van der Waals surface area (Å²) in [5, 5.41) is 9.48. The van der Waals surface area contributed by atoms with Gasteiger partial charge in [0.1, 0.15) is 0 Å². The first kappa shape index (κ1) is 9.53. The number of rotatable bonds is 2. The minimum atomic E-state index is -0.0709. The lowest BCUT2D eigenvalue weighted by molar-refractivity contribution is 0.0662. The van der Waals surface area contributed by atoms with Gasteiger partial charge in [0.15, 0.2) is 0 Å². The van der Waals surface area contributed by atoms with E-state index in [1.165, 1.54) is 0 Å². The fraction of sp³-hybridized carbons (Fsp3) is 0.636. The van der Waals surface area contributed by atoms with Crippen LogP contribution in [-0.2, 0) is 0 Å². The molecule has 1 saturated carbocycles. The zero-order chi connectivity index (χ0) is 8.97. The lowest BCUT2D eigenvalue weighted by Crippen LogP contribution is -2.26. The van der Waals surface area contributed by atoms with Crippen molar-refractivity contribution in [3.63, 3.8) is 0 Å². The van der Waals surface area contributed by atoms with Crippen LogP contribution in [0.15, 0.2) is 24.8 Å². The van der Waals surface area contributed by atoms with Crippen molar-refractivity contribution < 1.29 is 5.11 Å². The fourth-order valence-electron chi connectivity index (χ4n) is 1.83. The highest BCUT2D eigenvalue weighted by molar-refractivity contribution is 5.01. The summed E-state index contributed by atoms with van der Waals surface area (Å²) >= 11 is 0. The first-order valence-electron chi connectivity index (χ1n) is 4.71. The topological polar surface area (TPSA) is 20.2 Å². The van der Waals surface area contributed by atoms with Crippen molar-refractivity contribution in [2.75, 3.05) is 0 Å². The van der Waals surface area contributed by atoms with Gasteiger partial charge in [-0.3, -0.25) is 0 Å². The van der Waals surface area contributed by atoms with Gasteiger partial charge in [0.05, 0.1) is 6.10 Å². The van der Waals surface area contributed by atoms with E-state index in [0.717, 1.165) is 19.3 Å². The van der Waals surface area contributed by atoms with Crippen molar-refractivity contribution in [1.29, 1.82) is 0 Å². The molecule has 1 nitrogen and oxygen atoms in total. The summed E-state index contributed by atoms with van der Waals surface area (Å²) in [6, 6.07) is 0. The highest BCUT2D eigenvalue weighted by Crippen LogP contribution is 2.29. The summed E-state index contributed by atoms with van der Waals surface area (Å²) in [4.78, 5) is 0. The molecular weight excluding hydrogens is 148 g/mol. The molecule has 1 aliphatic rings. The Morgan fingerprint density at radius 3 is 2.75 bits per heavy atom. The van der Waals surface area contributed by atoms with Gasteiger partial charge in [0.25, 0.3) is 0 Å². The predicted molar refractivity (Wildman–Crippen MR) is 51.8 cm³/mol. The SMILES string of the molecule is C=C/C=C/C1CCC(O)C(C)C1. The first-order chi connectivity index (χ1) is 5.74. The molecule has 1 rings (SSSR count). The van der Waals surface area contributed by atoms with Crippen LogP contribution >= 0.6 is 0 Å². The Labute approximate surface area is 74.8 Å². The zero-order valence-electron chi connectivity index (χ0n) is 7.74. The van der Waals surface area contributed by atoms with Gasteiger partial charge in [-0.1, -0.05) is 31.7 Å². The van der Waals surface area contributed by atoms with Crippen LogP contribution in [0, 0.1) is 11.8 Å². The molecule has 0 aliphatic heterocycles. The van der Waals surface area contributed by atoms with E-state index in [2.05, 4.69) is 19.6 Å². The second-order valence-electron chi connectivity index (χ2n) is 3.74. The van der Waals surface area contributed by atoms with Gasteiger partial charge in [0.2, 0.25) is 0 Å². The van der Waals surface area contributed by atoms with Crippen molar-refractivity contribution in [1.82, 2.24) is 0 Å². The van der Waals surface area contributed by atoms with E-state index in [0.29, 0.717) is 11.8 Å². The van der Waals surface area contributed by atoms with E-state index < -0.39 is 0 Å². The molecule has 0 heterocycles. The molecule has 0 radical (unpaired) electrons. The molecule has 1 heteroatoms. The van der Waals surface area contributed by atoms with Crippen molar-refractivity contribution in [3.05, 3.63) is 24.8 Å². The van der Waals surface area contributed by atoms with Crippen LogP contribution in [0.3, 0.4) is 0 Å². The number of hydrogen-bond donors (Lipinski definition) is 1. The summed E-state index contributed by atoms with van der Waals surface area (Å²) in [6.07, 6.45) is 9.15. The Bertz CT molecular complexity index is 172. The lowest BCUT2D eigenvalue weighted by Gasteiger charge is -2.29. The van der Waals surface area contributed by atoms with Crippen molar-refractivity contribution in [2.45, 2.75) is 32.3 Å². The molecule has 0 amide bonds. The monoisotopic (exact) mass is 166 g/mol. The second-order valence-corrected chi connectivity index (χ2v) is 3.74. The molecule has 3 unspecified atom stereocenters. The highest BCUT2D eigenvalue weighted by Gasteiger charge is 2.23. The normalized spacial score (nSPS) is 37.0. The first-order valence-corrected chi connectivity index (χ1v) is 4.71. The molecule has 12 heavy (non-hydrogen) atoms. The highest BCUT2D eigenvalue weighted by atomic mass is 16.3. The summed E-state index contributed by atoms with van der Waals surface area (Å²) in [5.74, 6) is 1.11. The zero-order valence-corrected chi connectivity index (χ0v) is 7.74. The van der Waals surface area contributed by atoms with E-state index in [1.54, 1.807) is 0 Å². The van der Waals surface area contributed by atoms with Crippen LogP contribution in [0.5, 0.6) is 0 Å². The molecule has 0 bridgehead atoms. The van der Waals surface area contributed by atoms with Gasteiger partial charge in [-0.05, 0) is 31.1 Å². The van der Waals surface area contributed by atoms with E-state index in [-0.39, 0.29) is 6.10 Å². The third-order valence-electron chi connectivity index (χ3n) is 2.68. The summed E-state index contributed by atoms with van der Waals surface area (Å²) in [6.45, 7) is 5.77. The van der Waals surface area contributed by atoms with Crippen LogP contribution in [0.4, 0.5) is 0 Å². The maximum absolute atomic E-state index is 9.48. The van der Waals surface area contributed by atoms with Crippen molar-refractivity contribution in [2.24, 2.45) is 11.8 Å². The molecule has 68 valence electrons. The van der Waals surface area contributed by atoms with E-state index in [4.69, 9.17) is 0 Å². The fourth-order valence-corrected chi connectivity index (χ4v) is 1.83. The van der Waals surface area contributed by atoms with Gasteiger partial charge >= 0.3 is 0 Å². The van der Waals surface area contributed by atoms with E-state index in [9.17, 15) is 5.11 Å². The molecule has 1 aliphatic carbocycles. The van der Waals surface area contributed by atoms with Crippen LogP contribution in [-0.4, -0.2) is 11.2 Å². The minimum absolute atomic E-state index is 0.0709. The van der Waals surface area contributed by atoms with Crippen LogP contribution in [0.1, 0.15) is 26.2 Å². The van der Waals surface area contributed by atoms with Crippen LogP contribution < -0.4 is 0 Å². The van der Waals surface area contributed by atoms with Gasteiger partial charge < -0.3 is 5.11 Å². The van der Waals surface area contributed by atoms with Gasteiger partial charge in [-0.15, -0.1) is 0 Å². The smallest absolute Gasteiger partial charge is 0.0566 e. The average molecular weight is 166 g/mol. The third-order valence-corrected chi connectivity index (χ3v) is 2.68. The van der Waals surface area contributed by atoms with Gasteiger partial charge in [-0.2, -0.15) is 0 Å². The van der Waals surface area contributed by atoms with Gasteiger partial charge in [0, 0.05) is 0 Å². The Kier molecular flexibility index (Phi) is 3.54. The summed E-state index contributed by atoms with van der Waals surface area (Å²) < 4.78 is 0. The van der Waals surface area contributed by atoms with Crippen molar-refractivity contribution in [3.8, 4) is 0 Å². The Morgan fingerprint density at radius 2 is 2.17 bits per heavy atom. The van der Waals surface area contributed by atoms with E-state index in [1.807, 2.05) is 12.2 Å². The Hall–Kier alpha value is -0.560. The second kappa shape index (κ2) is 4.46. The summed E-state index contributed by atoms with van der Waals surface area (Å²) in [5.41, 5.74) is 0. The molecule has 1 N–H and O–H groups in total. The molecule has 3 atom stereocenters. The van der Waals surface area contributed by atoms with Crippen LogP contribution in [0.25, 0.3) is 0 Å². The molecular formula is C11H18O. The number of aliphatic hydroxyl groups excluding tert-OH is 1. The number of aliphatic hydroxyl groups is 1. The minimum Gasteiger partial charge on any atom is -0.393 e. The molecule has 0 aromatic rings. The van der Waals surface area contributed by atoms with E-state index >= 15 is 0 Å². The lowest BCUT2D eigenvalue weighted by atomic mass is 9.80. The Morgan fingerprint density at radius 1 is 1.42 bits per heavy atom. The number of hydrogen-bond acceptors (Lipinski definition) is 1. The molecule has 0 saturated heterocycles. The molecule has 0 aromatic heterocycles. The number of allylic oxidation sites excluding steroid dienone is 3. The molecule has 1 fully saturated rings. The maximum Gasteiger partial charge on any atom is 0.0566 e. The molecule has 0 spiro atoms. The van der Waals surface area contributed by atoms with Gasteiger partial charge in [-0.25, -0.2) is 0 Å². The quantitative estimate of drug-likeness (QED) is 0.625. The molecule has 0 aromatic carbocycles.